The van der Waals surface area contributed by atoms with Crippen molar-refractivity contribution in [3.05, 3.63) is 35.9 Å². The van der Waals surface area contributed by atoms with E-state index in [1.165, 1.54) is 0 Å². The molecule has 0 aliphatic heterocycles. The standard InChI is InChI=1S/C10H13NO/c1-8(11)10(12-2)9-6-4-3-5-7-9/h3-7,10-11H,1-2H3. The number of hydrogen-bond donors (Lipinski definition) is 1. The lowest BCUT2D eigenvalue weighted by Gasteiger charge is -2.13. The van der Waals surface area contributed by atoms with Crippen molar-refractivity contribution in [2.45, 2.75) is 13.0 Å². The molecule has 1 aromatic carbocycles. The van der Waals surface area contributed by atoms with Crippen molar-refractivity contribution in [2.24, 2.45) is 0 Å². The predicted octanol–water partition coefficient (Wildman–Crippen LogP) is 2.41. The molecule has 1 atom stereocenters. The van der Waals surface area contributed by atoms with E-state index in [2.05, 4.69) is 0 Å². The molecule has 0 saturated heterocycles. The van der Waals surface area contributed by atoms with Gasteiger partial charge in [0.25, 0.3) is 0 Å². The molecule has 0 aliphatic rings. The monoisotopic (exact) mass is 163 g/mol. The van der Waals surface area contributed by atoms with Crippen LogP contribution in [0, 0.1) is 5.41 Å². The Kier molecular flexibility index (Phi) is 3.00. The third kappa shape index (κ3) is 1.92. The fraction of sp³-hybridized carbons (Fsp3) is 0.300. The van der Waals surface area contributed by atoms with E-state index in [0.29, 0.717) is 5.71 Å². The molecule has 1 aromatic rings. The second kappa shape index (κ2) is 4.02. The van der Waals surface area contributed by atoms with Gasteiger partial charge in [0.05, 0.1) is 0 Å². The molecule has 0 heterocycles. The summed E-state index contributed by atoms with van der Waals surface area (Å²) in [6, 6.07) is 9.78. The molecular weight excluding hydrogens is 150 g/mol. The summed E-state index contributed by atoms with van der Waals surface area (Å²) in [4.78, 5) is 0. The minimum absolute atomic E-state index is 0.189. The summed E-state index contributed by atoms with van der Waals surface area (Å²) in [7, 11) is 1.62. The number of rotatable bonds is 3. The quantitative estimate of drug-likeness (QED) is 0.682. The van der Waals surface area contributed by atoms with E-state index in [1.54, 1.807) is 14.0 Å². The topological polar surface area (TPSA) is 33.1 Å². The molecule has 1 rings (SSSR count). The van der Waals surface area contributed by atoms with Crippen molar-refractivity contribution in [1.29, 1.82) is 5.41 Å². The first kappa shape index (κ1) is 8.94. The number of ether oxygens (including phenoxy) is 1. The maximum atomic E-state index is 7.46. The van der Waals surface area contributed by atoms with Gasteiger partial charge < -0.3 is 10.1 Å². The lowest BCUT2D eigenvalue weighted by atomic mass is 10.1. The normalized spacial score (nSPS) is 12.5. The van der Waals surface area contributed by atoms with Gasteiger partial charge in [-0.15, -0.1) is 0 Å². The summed E-state index contributed by atoms with van der Waals surface area (Å²) >= 11 is 0. The lowest BCUT2D eigenvalue weighted by molar-refractivity contribution is 0.156. The third-order valence-corrected chi connectivity index (χ3v) is 1.73. The average molecular weight is 163 g/mol. The van der Waals surface area contributed by atoms with E-state index in [4.69, 9.17) is 10.1 Å². The van der Waals surface area contributed by atoms with Gasteiger partial charge in [-0.3, -0.25) is 0 Å². The first-order valence-electron chi connectivity index (χ1n) is 3.88. The molecule has 12 heavy (non-hydrogen) atoms. The summed E-state index contributed by atoms with van der Waals surface area (Å²) in [5.41, 5.74) is 1.57. The zero-order valence-corrected chi connectivity index (χ0v) is 7.37. The van der Waals surface area contributed by atoms with Gasteiger partial charge in [-0.2, -0.15) is 0 Å². The minimum atomic E-state index is -0.189. The number of hydrogen-bond acceptors (Lipinski definition) is 2. The Morgan fingerprint density at radius 2 is 1.92 bits per heavy atom. The van der Waals surface area contributed by atoms with E-state index in [1.807, 2.05) is 30.3 Å². The number of benzene rings is 1. The van der Waals surface area contributed by atoms with Gasteiger partial charge in [0.1, 0.15) is 6.10 Å². The highest BCUT2D eigenvalue weighted by Gasteiger charge is 2.10. The fourth-order valence-corrected chi connectivity index (χ4v) is 1.19. The van der Waals surface area contributed by atoms with Crippen LogP contribution in [0.1, 0.15) is 18.6 Å². The van der Waals surface area contributed by atoms with Gasteiger partial charge in [-0.05, 0) is 12.5 Å². The van der Waals surface area contributed by atoms with Crippen molar-refractivity contribution in [3.8, 4) is 0 Å². The Labute approximate surface area is 72.7 Å². The molecule has 1 unspecified atom stereocenters. The second-order valence-electron chi connectivity index (χ2n) is 2.71. The first-order valence-corrected chi connectivity index (χ1v) is 3.88. The van der Waals surface area contributed by atoms with Gasteiger partial charge in [-0.25, -0.2) is 0 Å². The SMILES string of the molecule is COC(C(C)=N)c1ccccc1. The van der Waals surface area contributed by atoms with Crippen LogP contribution >= 0.6 is 0 Å². The van der Waals surface area contributed by atoms with Crippen LogP contribution in [0.25, 0.3) is 0 Å². The van der Waals surface area contributed by atoms with E-state index in [0.717, 1.165) is 5.56 Å². The summed E-state index contributed by atoms with van der Waals surface area (Å²) in [6.07, 6.45) is -0.189. The van der Waals surface area contributed by atoms with Crippen molar-refractivity contribution >= 4 is 5.71 Å². The molecule has 0 bridgehead atoms. The molecule has 0 radical (unpaired) electrons. The first-order chi connectivity index (χ1) is 5.75. The van der Waals surface area contributed by atoms with E-state index >= 15 is 0 Å². The number of nitrogens with one attached hydrogen (secondary N) is 1. The predicted molar refractivity (Wildman–Crippen MR) is 49.6 cm³/mol. The average Bonchev–Trinajstić information content (AvgIpc) is 2.07. The van der Waals surface area contributed by atoms with Crippen LogP contribution in [0.15, 0.2) is 30.3 Å². The molecule has 0 saturated carbocycles. The van der Waals surface area contributed by atoms with Gasteiger partial charge in [0.15, 0.2) is 0 Å². The van der Waals surface area contributed by atoms with Crippen molar-refractivity contribution in [2.75, 3.05) is 7.11 Å². The molecule has 0 aromatic heterocycles. The Bertz CT molecular complexity index is 256. The van der Waals surface area contributed by atoms with Crippen LogP contribution < -0.4 is 0 Å². The highest BCUT2D eigenvalue weighted by Crippen LogP contribution is 2.16. The van der Waals surface area contributed by atoms with Crippen molar-refractivity contribution in [3.63, 3.8) is 0 Å². The molecule has 2 heteroatoms. The molecule has 0 aliphatic carbocycles. The molecule has 0 fully saturated rings. The van der Waals surface area contributed by atoms with Crippen LogP contribution in [-0.4, -0.2) is 12.8 Å². The Morgan fingerprint density at radius 3 is 2.33 bits per heavy atom. The van der Waals surface area contributed by atoms with Crippen LogP contribution in [0.5, 0.6) is 0 Å². The highest BCUT2D eigenvalue weighted by atomic mass is 16.5. The van der Waals surface area contributed by atoms with Gasteiger partial charge >= 0.3 is 0 Å². The Hall–Kier alpha value is -1.15. The summed E-state index contributed by atoms with van der Waals surface area (Å²) in [5, 5.41) is 7.46. The zero-order valence-electron chi connectivity index (χ0n) is 7.37. The highest BCUT2D eigenvalue weighted by molar-refractivity contribution is 5.84. The second-order valence-corrected chi connectivity index (χ2v) is 2.71. The van der Waals surface area contributed by atoms with Crippen LogP contribution in [0.2, 0.25) is 0 Å². The number of methoxy groups -OCH3 is 1. The molecule has 0 amide bonds. The maximum Gasteiger partial charge on any atom is 0.119 e. The lowest BCUT2D eigenvalue weighted by Crippen LogP contribution is -2.09. The molecule has 0 spiro atoms. The molecule has 64 valence electrons. The fourth-order valence-electron chi connectivity index (χ4n) is 1.19. The van der Waals surface area contributed by atoms with E-state index < -0.39 is 0 Å². The van der Waals surface area contributed by atoms with Crippen molar-refractivity contribution in [1.82, 2.24) is 0 Å². The van der Waals surface area contributed by atoms with Gasteiger partial charge in [0.2, 0.25) is 0 Å². The largest absolute Gasteiger partial charge is 0.371 e. The molecular formula is C10H13NO. The maximum absolute atomic E-state index is 7.46. The summed E-state index contributed by atoms with van der Waals surface area (Å²) < 4.78 is 5.17. The van der Waals surface area contributed by atoms with Crippen LogP contribution in [0.3, 0.4) is 0 Å². The molecule has 2 nitrogen and oxygen atoms in total. The van der Waals surface area contributed by atoms with E-state index in [-0.39, 0.29) is 6.10 Å². The van der Waals surface area contributed by atoms with E-state index in [9.17, 15) is 0 Å². The summed E-state index contributed by atoms with van der Waals surface area (Å²) in [5.74, 6) is 0. The molecule has 1 N–H and O–H groups in total. The Morgan fingerprint density at radius 1 is 1.33 bits per heavy atom. The zero-order chi connectivity index (χ0) is 8.97. The van der Waals surface area contributed by atoms with Gasteiger partial charge in [0, 0.05) is 12.8 Å². The smallest absolute Gasteiger partial charge is 0.119 e. The summed E-state index contributed by atoms with van der Waals surface area (Å²) in [6.45, 7) is 1.75. The third-order valence-electron chi connectivity index (χ3n) is 1.73. The van der Waals surface area contributed by atoms with Crippen LogP contribution in [0.4, 0.5) is 0 Å². The van der Waals surface area contributed by atoms with Crippen LogP contribution in [-0.2, 0) is 4.74 Å². The Balaban J connectivity index is 2.88. The van der Waals surface area contributed by atoms with Crippen molar-refractivity contribution < 1.29 is 4.74 Å². The minimum Gasteiger partial charge on any atom is -0.371 e. The van der Waals surface area contributed by atoms with Gasteiger partial charge in [-0.1, -0.05) is 30.3 Å².